The van der Waals surface area contributed by atoms with Crippen LogP contribution in [-0.4, -0.2) is 52.9 Å². The fourth-order valence-electron chi connectivity index (χ4n) is 4.01. The third-order valence-corrected chi connectivity index (χ3v) is 5.90. The van der Waals surface area contributed by atoms with Gasteiger partial charge in [0.2, 0.25) is 11.2 Å². The van der Waals surface area contributed by atoms with Crippen LogP contribution in [0.5, 0.6) is 23.0 Å². The molecule has 1 N–H and O–H groups in total. The van der Waals surface area contributed by atoms with Crippen LogP contribution in [-0.2, 0) is 9.47 Å². The third-order valence-electron chi connectivity index (χ3n) is 5.90. The van der Waals surface area contributed by atoms with Crippen LogP contribution in [0.1, 0.15) is 11.3 Å². The maximum absolute atomic E-state index is 6.05. The first-order chi connectivity index (χ1) is 18.8. The van der Waals surface area contributed by atoms with Crippen molar-refractivity contribution in [3.8, 4) is 23.0 Å². The third kappa shape index (κ3) is 7.25. The van der Waals surface area contributed by atoms with E-state index in [2.05, 4.69) is 29.2 Å². The average Bonchev–Trinajstić information content (AvgIpc) is 2.96. The average molecular weight is 515 g/mol. The topological polar surface area (TPSA) is 69.5 Å². The van der Waals surface area contributed by atoms with Crippen molar-refractivity contribution < 1.29 is 33.4 Å². The van der Waals surface area contributed by atoms with E-state index in [1.165, 1.54) is 5.39 Å². The number of para-hydroxylation sites is 3. The van der Waals surface area contributed by atoms with Gasteiger partial charge in [-0.1, -0.05) is 30.3 Å². The fourth-order valence-corrected chi connectivity index (χ4v) is 4.01. The Morgan fingerprint density at radius 2 is 1.08 bits per heavy atom. The summed E-state index contributed by atoms with van der Waals surface area (Å²) in [6, 6.07) is 25.9. The van der Waals surface area contributed by atoms with Crippen molar-refractivity contribution in [1.82, 2.24) is 0 Å². The highest BCUT2D eigenvalue weighted by Crippen LogP contribution is 2.29. The summed E-state index contributed by atoms with van der Waals surface area (Å²) in [5, 5.41) is 1.18. The SMILES string of the molecule is C(=C/c1ccc2ccccc2[nH+]1)/c1ccc2c(c1)OCCOCCOc1ccccc1OCCOCCO2. The maximum atomic E-state index is 6.05. The molecule has 3 aromatic carbocycles. The molecule has 1 aliphatic rings. The molecule has 196 valence electrons. The second kappa shape index (κ2) is 13.5. The van der Waals surface area contributed by atoms with E-state index >= 15 is 0 Å². The minimum absolute atomic E-state index is 0.387. The zero-order valence-corrected chi connectivity index (χ0v) is 21.3. The van der Waals surface area contributed by atoms with Gasteiger partial charge in [0.15, 0.2) is 23.0 Å². The Kier molecular flexibility index (Phi) is 9.06. The van der Waals surface area contributed by atoms with Gasteiger partial charge in [-0.25, -0.2) is 4.98 Å². The lowest BCUT2D eigenvalue weighted by molar-refractivity contribution is -0.347. The number of ether oxygens (including phenoxy) is 6. The molecule has 0 bridgehead atoms. The summed E-state index contributed by atoms with van der Waals surface area (Å²) in [7, 11) is 0. The summed E-state index contributed by atoms with van der Waals surface area (Å²) in [5.41, 5.74) is 3.10. The van der Waals surface area contributed by atoms with E-state index in [4.69, 9.17) is 28.4 Å². The summed E-state index contributed by atoms with van der Waals surface area (Å²) in [6.07, 6.45) is 4.10. The first-order valence-electron chi connectivity index (χ1n) is 12.8. The lowest BCUT2D eigenvalue weighted by Gasteiger charge is -2.15. The number of nitrogens with one attached hydrogen (secondary N) is 1. The van der Waals surface area contributed by atoms with Gasteiger partial charge in [0, 0.05) is 23.6 Å². The van der Waals surface area contributed by atoms with Crippen LogP contribution in [0.3, 0.4) is 0 Å². The largest absolute Gasteiger partial charge is 0.487 e. The molecule has 0 unspecified atom stereocenters. The Labute approximate surface area is 222 Å². The molecule has 0 atom stereocenters. The Bertz CT molecular complexity index is 1360. The van der Waals surface area contributed by atoms with Crippen molar-refractivity contribution >= 4 is 23.1 Å². The van der Waals surface area contributed by atoms with E-state index in [1.807, 2.05) is 66.7 Å². The molecule has 0 radical (unpaired) electrons. The van der Waals surface area contributed by atoms with Crippen molar-refractivity contribution in [3.05, 3.63) is 90.1 Å². The molecule has 38 heavy (non-hydrogen) atoms. The summed E-state index contributed by atoms with van der Waals surface area (Å²) in [4.78, 5) is 3.45. The Balaban J connectivity index is 1.23. The maximum Gasteiger partial charge on any atom is 0.211 e. The van der Waals surface area contributed by atoms with Gasteiger partial charge < -0.3 is 28.4 Å². The van der Waals surface area contributed by atoms with E-state index in [0.717, 1.165) is 16.8 Å². The van der Waals surface area contributed by atoms with Gasteiger partial charge in [-0.05, 0) is 48.0 Å². The molecular weight excluding hydrogens is 482 g/mol. The van der Waals surface area contributed by atoms with Crippen molar-refractivity contribution in [3.63, 3.8) is 0 Å². The van der Waals surface area contributed by atoms with E-state index < -0.39 is 0 Å². The normalized spacial score (nSPS) is 15.6. The first-order valence-corrected chi connectivity index (χ1v) is 12.8. The summed E-state index contributed by atoms with van der Waals surface area (Å²) >= 11 is 0. The summed E-state index contributed by atoms with van der Waals surface area (Å²) in [6.45, 7) is 3.36. The lowest BCUT2D eigenvalue weighted by Crippen LogP contribution is -2.15. The predicted octanol–water partition coefficient (Wildman–Crippen LogP) is 5.09. The van der Waals surface area contributed by atoms with E-state index in [-0.39, 0.29) is 0 Å². The van der Waals surface area contributed by atoms with Crippen LogP contribution in [0.25, 0.3) is 23.1 Å². The lowest BCUT2D eigenvalue weighted by atomic mass is 10.1. The monoisotopic (exact) mass is 514 g/mol. The molecule has 2 heterocycles. The van der Waals surface area contributed by atoms with Gasteiger partial charge in [0.05, 0.1) is 26.4 Å². The standard InChI is InChI=1S/C31H31NO6/c1-2-6-27-25(5-1)11-13-26(32-27)12-9-24-10-14-30-31(23-24)38-22-18-34-16-20-36-29-8-4-3-7-28(29)35-19-15-33-17-21-37-30/h1-14,23H,15-22H2/p+1/b12-9-. The highest BCUT2D eigenvalue weighted by molar-refractivity contribution is 5.77. The van der Waals surface area contributed by atoms with Crippen LogP contribution in [0.4, 0.5) is 0 Å². The molecular formula is C31H32NO6+. The molecule has 0 spiro atoms. The molecule has 0 saturated heterocycles. The summed E-state index contributed by atoms with van der Waals surface area (Å²) < 4.78 is 35.1. The predicted molar refractivity (Wildman–Crippen MR) is 146 cm³/mol. The highest BCUT2D eigenvalue weighted by Gasteiger charge is 2.09. The second-order valence-corrected chi connectivity index (χ2v) is 8.61. The molecule has 0 fully saturated rings. The van der Waals surface area contributed by atoms with Gasteiger partial charge in [-0.15, -0.1) is 0 Å². The number of benzene rings is 3. The smallest absolute Gasteiger partial charge is 0.211 e. The van der Waals surface area contributed by atoms with E-state index in [0.29, 0.717) is 75.9 Å². The second-order valence-electron chi connectivity index (χ2n) is 8.61. The number of aromatic amines is 1. The minimum atomic E-state index is 0.387. The summed E-state index contributed by atoms with van der Waals surface area (Å²) in [5.74, 6) is 2.70. The zero-order valence-electron chi connectivity index (χ0n) is 21.3. The van der Waals surface area contributed by atoms with E-state index in [9.17, 15) is 0 Å². The minimum Gasteiger partial charge on any atom is -0.487 e. The fraction of sp³-hybridized carbons (Fsp3) is 0.258. The molecule has 7 nitrogen and oxygen atoms in total. The van der Waals surface area contributed by atoms with Gasteiger partial charge in [0.25, 0.3) is 0 Å². The molecule has 0 amide bonds. The molecule has 7 heteroatoms. The quantitative estimate of drug-likeness (QED) is 0.371. The number of fused-ring (bicyclic) bond motifs is 3. The van der Waals surface area contributed by atoms with Gasteiger partial charge >= 0.3 is 0 Å². The molecule has 1 aromatic heterocycles. The Morgan fingerprint density at radius 3 is 1.76 bits per heavy atom. The number of rotatable bonds is 2. The highest BCUT2D eigenvalue weighted by atomic mass is 16.6. The number of pyridine rings is 1. The van der Waals surface area contributed by atoms with E-state index in [1.54, 1.807) is 0 Å². The van der Waals surface area contributed by atoms with Gasteiger partial charge in [0.1, 0.15) is 26.4 Å². The van der Waals surface area contributed by atoms with Crippen molar-refractivity contribution in [2.24, 2.45) is 0 Å². The Morgan fingerprint density at radius 1 is 0.500 bits per heavy atom. The molecule has 0 saturated carbocycles. The van der Waals surface area contributed by atoms with Crippen molar-refractivity contribution in [2.75, 3.05) is 52.9 Å². The van der Waals surface area contributed by atoms with Crippen LogP contribution in [0.15, 0.2) is 78.9 Å². The van der Waals surface area contributed by atoms with Crippen LogP contribution in [0, 0.1) is 0 Å². The number of aromatic nitrogens is 1. The van der Waals surface area contributed by atoms with Gasteiger partial charge in [-0.2, -0.15) is 0 Å². The Hall–Kier alpha value is -4.07. The zero-order chi connectivity index (χ0) is 25.8. The molecule has 5 rings (SSSR count). The molecule has 0 aliphatic carbocycles. The van der Waals surface area contributed by atoms with Crippen LogP contribution < -0.4 is 23.9 Å². The molecule has 1 aliphatic heterocycles. The van der Waals surface area contributed by atoms with Crippen molar-refractivity contribution in [1.29, 1.82) is 0 Å². The number of hydrogen-bond donors (Lipinski definition) is 0. The molecule has 4 aromatic rings. The van der Waals surface area contributed by atoms with Crippen LogP contribution >= 0.6 is 0 Å². The number of hydrogen-bond acceptors (Lipinski definition) is 6. The van der Waals surface area contributed by atoms with Gasteiger partial charge in [-0.3, -0.25) is 0 Å². The number of H-pyrrole nitrogens is 1. The van der Waals surface area contributed by atoms with Crippen LogP contribution in [0.2, 0.25) is 0 Å². The van der Waals surface area contributed by atoms with Crippen molar-refractivity contribution in [2.45, 2.75) is 0 Å². The first kappa shape index (κ1) is 25.6.